The van der Waals surface area contributed by atoms with Crippen molar-refractivity contribution in [3.8, 4) is 17.2 Å². The molecule has 4 aromatic rings. The van der Waals surface area contributed by atoms with E-state index in [1.54, 1.807) is 48.5 Å². The van der Waals surface area contributed by atoms with Crippen molar-refractivity contribution in [2.24, 2.45) is 0 Å². The summed E-state index contributed by atoms with van der Waals surface area (Å²) in [6, 6.07) is 28.7. The van der Waals surface area contributed by atoms with Gasteiger partial charge >= 0.3 is 0 Å². The van der Waals surface area contributed by atoms with E-state index in [4.69, 9.17) is 14.2 Å². The molecule has 0 fully saturated rings. The fourth-order valence-electron chi connectivity index (χ4n) is 3.40. The van der Waals surface area contributed by atoms with Crippen molar-refractivity contribution in [3.05, 3.63) is 109 Å². The van der Waals surface area contributed by atoms with Crippen LogP contribution in [0.3, 0.4) is 0 Å². The van der Waals surface area contributed by atoms with Crippen LogP contribution in [0.15, 0.2) is 108 Å². The highest BCUT2D eigenvalue weighted by Crippen LogP contribution is 2.23. The van der Waals surface area contributed by atoms with Crippen LogP contribution in [0, 0.1) is 0 Å². The van der Waals surface area contributed by atoms with Crippen molar-refractivity contribution in [2.75, 3.05) is 30.4 Å². The third-order valence-corrected chi connectivity index (χ3v) is 6.65. The first-order valence-corrected chi connectivity index (χ1v) is 12.9. The highest BCUT2D eigenvalue weighted by Gasteiger charge is 2.16. The number of sulfonamides is 1. The van der Waals surface area contributed by atoms with Gasteiger partial charge in [0.2, 0.25) is 0 Å². The summed E-state index contributed by atoms with van der Waals surface area (Å²) >= 11 is 0. The Bertz CT molecular complexity index is 1420. The Morgan fingerprint density at radius 3 is 2.03 bits per heavy atom. The zero-order valence-electron chi connectivity index (χ0n) is 20.1. The van der Waals surface area contributed by atoms with E-state index < -0.39 is 10.0 Å². The third-order valence-electron chi connectivity index (χ3n) is 5.25. The number of carbonyl (C=O) groups excluding carboxylic acids is 1. The summed E-state index contributed by atoms with van der Waals surface area (Å²) in [5.41, 5.74) is 1.19. The summed E-state index contributed by atoms with van der Waals surface area (Å²) in [5.74, 6) is 1.39. The third kappa shape index (κ3) is 7.02. The summed E-state index contributed by atoms with van der Waals surface area (Å²) in [6.07, 6.45) is 0. The number of nitrogens with one attached hydrogen (secondary N) is 2. The minimum Gasteiger partial charge on any atom is -0.497 e. The second-order valence-corrected chi connectivity index (χ2v) is 9.50. The minimum atomic E-state index is -3.81. The van der Waals surface area contributed by atoms with Crippen LogP contribution in [-0.2, 0) is 10.0 Å². The molecule has 9 heteroatoms. The van der Waals surface area contributed by atoms with Gasteiger partial charge in [0.05, 0.1) is 17.6 Å². The molecule has 0 aliphatic carbocycles. The average Bonchev–Trinajstić information content (AvgIpc) is 2.92. The van der Waals surface area contributed by atoms with Crippen molar-refractivity contribution in [3.63, 3.8) is 0 Å². The normalized spacial score (nSPS) is 10.8. The van der Waals surface area contributed by atoms with Gasteiger partial charge in [-0.25, -0.2) is 8.42 Å². The predicted molar refractivity (Wildman–Crippen MR) is 142 cm³/mol. The molecular formula is C28H26N2O6S. The van der Waals surface area contributed by atoms with Crippen LogP contribution in [0.2, 0.25) is 0 Å². The zero-order chi connectivity index (χ0) is 26.1. The van der Waals surface area contributed by atoms with Crippen LogP contribution >= 0.6 is 0 Å². The maximum absolute atomic E-state index is 12.9. The second kappa shape index (κ2) is 12.0. The lowest BCUT2D eigenvalue weighted by Crippen LogP contribution is -2.16. The van der Waals surface area contributed by atoms with Crippen molar-refractivity contribution in [2.45, 2.75) is 4.90 Å². The van der Waals surface area contributed by atoms with Crippen LogP contribution in [0.25, 0.3) is 0 Å². The molecule has 0 bridgehead atoms. The molecule has 0 heterocycles. The van der Waals surface area contributed by atoms with Crippen LogP contribution in [-0.4, -0.2) is 34.6 Å². The van der Waals surface area contributed by atoms with E-state index in [1.165, 1.54) is 31.4 Å². The Kier molecular flexibility index (Phi) is 8.27. The van der Waals surface area contributed by atoms with Gasteiger partial charge in [0.15, 0.2) is 0 Å². The Hall–Kier alpha value is -4.50. The maximum atomic E-state index is 12.9. The van der Waals surface area contributed by atoms with Crippen LogP contribution in [0.5, 0.6) is 17.2 Å². The van der Waals surface area contributed by atoms with E-state index in [1.807, 2.05) is 30.3 Å². The number of anilines is 2. The largest absolute Gasteiger partial charge is 0.497 e. The Balaban J connectivity index is 1.36. The van der Waals surface area contributed by atoms with Crippen molar-refractivity contribution >= 4 is 27.3 Å². The smallest absolute Gasteiger partial charge is 0.261 e. The number of amides is 1. The van der Waals surface area contributed by atoms with Crippen LogP contribution in [0.4, 0.5) is 11.4 Å². The summed E-state index contributed by atoms with van der Waals surface area (Å²) in [7, 11) is -2.27. The highest BCUT2D eigenvalue weighted by molar-refractivity contribution is 7.92. The number of ether oxygens (including phenoxy) is 3. The lowest BCUT2D eigenvalue weighted by Gasteiger charge is -2.13. The van der Waals surface area contributed by atoms with Gasteiger partial charge in [-0.3, -0.25) is 9.52 Å². The number of hydrogen-bond acceptors (Lipinski definition) is 6. The van der Waals surface area contributed by atoms with Gasteiger partial charge in [0.25, 0.3) is 15.9 Å². The number of methoxy groups -OCH3 is 1. The monoisotopic (exact) mass is 518 g/mol. The Morgan fingerprint density at radius 1 is 0.703 bits per heavy atom. The lowest BCUT2D eigenvalue weighted by atomic mass is 10.2. The topological polar surface area (TPSA) is 103 Å². The number of hydrogen-bond donors (Lipinski definition) is 2. The molecule has 4 rings (SSSR count). The quantitative estimate of drug-likeness (QED) is 0.264. The van der Waals surface area contributed by atoms with E-state index in [0.29, 0.717) is 35.0 Å². The number of para-hydroxylation sites is 2. The number of carbonyl (C=O) groups is 1. The summed E-state index contributed by atoms with van der Waals surface area (Å²) in [4.78, 5) is 13.0. The molecule has 2 N–H and O–H groups in total. The van der Waals surface area contributed by atoms with E-state index in [2.05, 4.69) is 10.0 Å². The van der Waals surface area contributed by atoms with Gasteiger partial charge in [-0.2, -0.15) is 0 Å². The first-order chi connectivity index (χ1) is 17.9. The van der Waals surface area contributed by atoms with Gasteiger partial charge < -0.3 is 19.5 Å². The van der Waals surface area contributed by atoms with Crippen LogP contribution in [0.1, 0.15) is 10.4 Å². The zero-order valence-corrected chi connectivity index (χ0v) is 20.9. The lowest BCUT2D eigenvalue weighted by molar-refractivity contribution is 0.102. The molecular weight excluding hydrogens is 492 g/mol. The van der Waals surface area contributed by atoms with Crippen molar-refractivity contribution in [1.82, 2.24) is 0 Å². The van der Waals surface area contributed by atoms with Gasteiger partial charge in [0, 0.05) is 11.4 Å². The molecule has 0 unspecified atom stereocenters. The molecule has 4 aromatic carbocycles. The predicted octanol–water partition coefficient (Wildman–Crippen LogP) is 5.21. The fourth-order valence-corrected chi connectivity index (χ4v) is 4.46. The molecule has 0 saturated carbocycles. The molecule has 0 saturated heterocycles. The molecule has 1 amide bonds. The van der Waals surface area contributed by atoms with Gasteiger partial charge in [-0.15, -0.1) is 0 Å². The Morgan fingerprint density at radius 2 is 1.32 bits per heavy atom. The average molecular weight is 519 g/mol. The van der Waals surface area contributed by atoms with Gasteiger partial charge in [-0.05, 0) is 72.8 Å². The first-order valence-electron chi connectivity index (χ1n) is 11.4. The fraction of sp³-hybridized carbons (Fsp3) is 0.107. The highest BCUT2D eigenvalue weighted by atomic mass is 32.2. The first kappa shape index (κ1) is 25.6. The summed E-state index contributed by atoms with van der Waals surface area (Å²) in [6.45, 7) is 0.577. The molecule has 0 aromatic heterocycles. The van der Waals surface area contributed by atoms with E-state index >= 15 is 0 Å². The Labute approximate surface area is 215 Å². The number of benzene rings is 4. The molecule has 190 valence electrons. The molecule has 8 nitrogen and oxygen atoms in total. The molecule has 0 aliphatic rings. The van der Waals surface area contributed by atoms with Gasteiger partial charge in [0.1, 0.15) is 30.5 Å². The van der Waals surface area contributed by atoms with Crippen molar-refractivity contribution in [1.29, 1.82) is 0 Å². The van der Waals surface area contributed by atoms with E-state index in [-0.39, 0.29) is 17.4 Å². The number of rotatable bonds is 11. The second-order valence-electron chi connectivity index (χ2n) is 7.82. The van der Waals surface area contributed by atoms with Gasteiger partial charge in [-0.1, -0.05) is 30.3 Å². The molecule has 37 heavy (non-hydrogen) atoms. The molecule has 0 aliphatic heterocycles. The van der Waals surface area contributed by atoms with E-state index in [0.717, 1.165) is 5.75 Å². The molecule has 0 spiro atoms. The molecule has 0 atom stereocenters. The van der Waals surface area contributed by atoms with Crippen LogP contribution < -0.4 is 24.2 Å². The maximum Gasteiger partial charge on any atom is 0.261 e. The van der Waals surface area contributed by atoms with Crippen molar-refractivity contribution < 1.29 is 27.4 Å². The van der Waals surface area contributed by atoms with E-state index in [9.17, 15) is 13.2 Å². The molecule has 0 radical (unpaired) electrons. The SMILES string of the molecule is COc1ccc(NS(=O)(=O)c2ccc(NC(=O)c3ccccc3OCCOc3ccccc3)cc2)cc1. The summed E-state index contributed by atoms with van der Waals surface area (Å²) < 4.78 is 44.4. The minimum absolute atomic E-state index is 0.0588. The summed E-state index contributed by atoms with van der Waals surface area (Å²) in [5, 5.41) is 2.78. The standard InChI is InChI=1S/C28H26N2O6S/c1-34-23-15-11-22(12-16-23)30-37(32,33)25-17-13-21(14-18-25)29-28(31)26-9-5-6-10-27(26)36-20-19-35-24-7-3-2-4-8-24/h2-18,30H,19-20H2,1H3,(H,29,31).